The lowest BCUT2D eigenvalue weighted by Gasteiger charge is -2.21. The average Bonchev–Trinajstić information content (AvgIpc) is 2.36. The van der Waals surface area contributed by atoms with Gasteiger partial charge in [0, 0.05) is 18.2 Å². The Morgan fingerprint density at radius 2 is 2.00 bits per heavy atom. The predicted octanol–water partition coefficient (Wildman–Crippen LogP) is 1.46. The second-order valence-electron chi connectivity index (χ2n) is 4.08. The van der Waals surface area contributed by atoms with Crippen LogP contribution in [0.25, 0.3) is 0 Å². The Balaban J connectivity index is 3.09. The van der Waals surface area contributed by atoms with Crippen molar-refractivity contribution in [3.8, 4) is 5.75 Å². The molecular weight excluding hydrogens is 263 g/mol. The summed E-state index contributed by atoms with van der Waals surface area (Å²) in [5, 5.41) is 18.7. The van der Waals surface area contributed by atoms with Gasteiger partial charge in [0.1, 0.15) is 5.75 Å². The van der Waals surface area contributed by atoms with Crippen LogP contribution in [0.1, 0.15) is 23.7 Å². The van der Waals surface area contributed by atoms with Crippen LogP contribution in [0.5, 0.6) is 5.75 Å². The van der Waals surface area contributed by atoms with Gasteiger partial charge in [-0.3, -0.25) is 0 Å². The molecule has 2 atom stereocenters. The van der Waals surface area contributed by atoms with Gasteiger partial charge >= 0.3 is 6.18 Å². The highest BCUT2D eigenvalue weighted by atomic mass is 19.4. The number of rotatable bonds is 5. The van der Waals surface area contributed by atoms with Gasteiger partial charge in [0.2, 0.25) is 0 Å². The molecule has 1 rings (SSSR count). The van der Waals surface area contributed by atoms with Crippen molar-refractivity contribution in [1.82, 2.24) is 0 Å². The lowest BCUT2D eigenvalue weighted by molar-refractivity contribution is -0.137. The zero-order valence-electron chi connectivity index (χ0n) is 10.3. The lowest BCUT2D eigenvalue weighted by Crippen LogP contribution is -2.29. The van der Waals surface area contributed by atoms with Gasteiger partial charge in [-0.25, -0.2) is 0 Å². The predicted molar refractivity (Wildman–Crippen MR) is 62.6 cm³/mol. The first kappa shape index (κ1) is 15.7. The van der Waals surface area contributed by atoms with Crippen molar-refractivity contribution in [3.05, 3.63) is 29.3 Å². The van der Waals surface area contributed by atoms with E-state index in [2.05, 4.69) is 0 Å². The number of ether oxygens (including phenoxy) is 1. The Kier molecular flexibility index (Phi) is 5.16. The Hall–Kier alpha value is -1.31. The molecular formula is C12H16F3NO3. The Morgan fingerprint density at radius 3 is 2.47 bits per heavy atom. The highest BCUT2D eigenvalue weighted by Gasteiger charge is 2.32. The van der Waals surface area contributed by atoms with Crippen LogP contribution in [0.15, 0.2) is 18.2 Å². The third-order valence-corrected chi connectivity index (χ3v) is 2.75. The van der Waals surface area contributed by atoms with E-state index in [1.807, 2.05) is 0 Å². The fourth-order valence-corrected chi connectivity index (χ4v) is 1.67. The minimum Gasteiger partial charge on any atom is -0.496 e. The molecule has 108 valence electrons. The summed E-state index contributed by atoms with van der Waals surface area (Å²) in [6.07, 6.45) is -5.56. The fraction of sp³-hybridized carbons (Fsp3) is 0.500. The summed E-state index contributed by atoms with van der Waals surface area (Å²) in [5.41, 5.74) is 4.92. The van der Waals surface area contributed by atoms with Gasteiger partial charge in [-0.05, 0) is 18.6 Å². The summed E-state index contributed by atoms with van der Waals surface area (Å²) < 4.78 is 42.5. The number of halogens is 3. The number of aliphatic hydroxyl groups excluding tert-OH is 2. The topological polar surface area (TPSA) is 75.7 Å². The van der Waals surface area contributed by atoms with Crippen LogP contribution in [-0.4, -0.2) is 30.0 Å². The van der Waals surface area contributed by atoms with Crippen LogP contribution < -0.4 is 10.5 Å². The number of hydrogen-bond acceptors (Lipinski definition) is 4. The van der Waals surface area contributed by atoms with Crippen molar-refractivity contribution < 1.29 is 28.1 Å². The second kappa shape index (κ2) is 6.23. The molecule has 0 fully saturated rings. The summed E-state index contributed by atoms with van der Waals surface area (Å²) in [5.74, 6) is -0.0873. The van der Waals surface area contributed by atoms with E-state index in [-0.39, 0.29) is 24.3 Å². The molecule has 4 N–H and O–H groups in total. The monoisotopic (exact) mass is 279 g/mol. The standard InChI is InChI=1S/C12H16F3NO3/c1-19-10-6-7(12(13,14)15)2-3-8(10)11(18)9(16)4-5-17/h2-3,6,9,11,17-18H,4-5,16H2,1H3. The molecule has 0 aliphatic carbocycles. The lowest BCUT2D eigenvalue weighted by atomic mass is 9.98. The molecule has 19 heavy (non-hydrogen) atoms. The average molecular weight is 279 g/mol. The van der Waals surface area contributed by atoms with Crippen LogP contribution in [0.4, 0.5) is 13.2 Å². The summed E-state index contributed by atoms with van der Waals surface area (Å²) >= 11 is 0. The highest BCUT2D eigenvalue weighted by molar-refractivity contribution is 5.40. The minimum absolute atomic E-state index is 0.0873. The Labute approximate surface area is 108 Å². The second-order valence-corrected chi connectivity index (χ2v) is 4.08. The van der Waals surface area contributed by atoms with Gasteiger partial charge in [-0.2, -0.15) is 13.2 Å². The number of nitrogens with two attached hydrogens (primary N) is 1. The van der Waals surface area contributed by atoms with Crippen LogP contribution in [0.2, 0.25) is 0 Å². The number of aliphatic hydroxyl groups is 2. The first-order valence-corrected chi connectivity index (χ1v) is 5.61. The van der Waals surface area contributed by atoms with Crippen LogP contribution in [-0.2, 0) is 6.18 Å². The van der Waals surface area contributed by atoms with Gasteiger partial charge in [0.15, 0.2) is 0 Å². The first-order chi connectivity index (χ1) is 8.81. The number of alkyl halides is 3. The molecule has 4 nitrogen and oxygen atoms in total. The third-order valence-electron chi connectivity index (χ3n) is 2.75. The molecule has 0 aliphatic heterocycles. The van der Waals surface area contributed by atoms with Crippen molar-refractivity contribution in [1.29, 1.82) is 0 Å². The Bertz CT molecular complexity index is 423. The SMILES string of the molecule is COc1cc(C(F)(F)F)ccc1C(O)C(N)CCO. The van der Waals surface area contributed by atoms with E-state index in [9.17, 15) is 18.3 Å². The zero-order chi connectivity index (χ0) is 14.6. The molecule has 7 heteroatoms. The largest absolute Gasteiger partial charge is 0.496 e. The first-order valence-electron chi connectivity index (χ1n) is 5.61. The molecule has 2 unspecified atom stereocenters. The van der Waals surface area contributed by atoms with Gasteiger partial charge in [0.25, 0.3) is 0 Å². The third kappa shape index (κ3) is 3.82. The van der Waals surface area contributed by atoms with Crippen molar-refractivity contribution >= 4 is 0 Å². The van der Waals surface area contributed by atoms with Gasteiger partial charge in [-0.15, -0.1) is 0 Å². The smallest absolute Gasteiger partial charge is 0.416 e. The Morgan fingerprint density at radius 1 is 1.37 bits per heavy atom. The number of benzene rings is 1. The molecule has 0 heterocycles. The maximum atomic E-state index is 12.5. The summed E-state index contributed by atoms with van der Waals surface area (Å²) in [6, 6.07) is 2.01. The minimum atomic E-state index is -4.48. The molecule has 0 bridgehead atoms. The van der Waals surface area contributed by atoms with E-state index in [0.717, 1.165) is 18.2 Å². The van der Waals surface area contributed by atoms with Crippen molar-refractivity contribution in [3.63, 3.8) is 0 Å². The van der Waals surface area contributed by atoms with E-state index < -0.39 is 23.9 Å². The van der Waals surface area contributed by atoms with Gasteiger partial charge < -0.3 is 20.7 Å². The zero-order valence-corrected chi connectivity index (χ0v) is 10.3. The fourth-order valence-electron chi connectivity index (χ4n) is 1.67. The molecule has 0 saturated heterocycles. The van der Waals surface area contributed by atoms with E-state index in [1.165, 1.54) is 7.11 Å². The molecule has 0 spiro atoms. The van der Waals surface area contributed by atoms with Gasteiger partial charge in [-0.1, -0.05) is 6.07 Å². The number of methoxy groups -OCH3 is 1. The summed E-state index contributed by atoms with van der Waals surface area (Å²) in [6.45, 7) is -0.221. The highest BCUT2D eigenvalue weighted by Crippen LogP contribution is 2.35. The molecule has 0 amide bonds. The quantitative estimate of drug-likeness (QED) is 0.762. The van der Waals surface area contributed by atoms with Crippen molar-refractivity contribution in [2.75, 3.05) is 13.7 Å². The normalized spacial score (nSPS) is 15.1. The molecule has 0 aromatic heterocycles. The van der Waals surface area contributed by atoms with Crippen molar-refractivity contribution in [2.45, 2.75) is 24.7 Å². The molecule has 1 aromatic carbocycles. The van der Waals surface area contributed by atoms with Gasteiger partial charge in [0.05, 0.1) is 18.8 Å². The van der Waals surface area contributed by atoms with E-state index >= 15 is 0 Å². The molecule has 0 aliphatic rings. The molecule has 1 aromatic rings. The maximum absolute atomic E-state index is 12.5. The molecule has 0 radical (unpaired) electrons. The summed E-state index contributed by atoms with van der Waals surface area (Å²) in [7, 11) is 1.21. The van der Waals surface area contributed by atoms with Crippen LogP contribution in [0, 0.1) is 0 Å². The maximum Gasteiger partial charge on any atom is 0.416 e. The van der Waals surface area contributed by atoms with Crippen LogP contribution in [0.3, 0.4) is 0 Å². The van der Waals surface area contributed by atoms with E-state index in [1.54, 1.807) is 0 Å². The van der Waals surface area contributed by atoms with E-state index in [0.29, 0.717) is 0 Å². The summed E-state index contributed by atoms with van der Waals surface area (Å²) in [4.78, 5) is 0. The number of hydrogen-bond donors (Lipinski definition) is 3. The van der Waals surface area contributed by atoms with Crippen molar-refractivity contribution in [2.24, 2.45) is 5.73 Å². The van der Waals surface area contributed by atoms with E-state index in [4.69, 9.17) is 15.6 Å². The van der Waals surface area contributed by atoms with Crippen LogP contribution >= 0.6 is 0 Å². The molecule has 0 saturated carbocycles.